The molecule has 29 heavy (non-hydrogen) atoms. The number of carbonyl (C=O) groups is 4. The number of fused-ring (bicyclic) bond motifs is 1. The van der Waals surface area contributed by atoms with Gasteiger partial charge in [0.1, 0.15) is 6.54 Å². The number of carbonyl (C=O) groups excluding carboxylic acids is 4. The van der Waals surface area contributed by atoms with Crippen molar-refractivity contribution < 1.29 is 23.9 Å². The molecular weight excluding hydrogens is 392 g/mol. The number of ether oxygens (including phenoxy) is 1. The first-order valence-corrected chi connectivity index (χ1v) is 10.1. The minimum atomic E-state index is -0.653. The van der Waals surface area contributed by atoms with E-state index >= 15 is 0 Å². The van der Waals surface area contributed by atoms with E-state index in [2.05, 4.69) is 5.32 Å². The fourth-order valence-electron chi connectivity index (χ4n) is 2.72. The number of hydrogen-bond acceptors (Lipinski definition) is 6. The maximum absolute atomic E-state index is 12.2. The van der Waals surface area contributed by atoms with Gasteiger partial charge in [0.2, 0.25) is 11.8 Å². The number of para-hydroxylation sites is 1. The molecule has 1 aliphatic heterocycles. The number of thioether (sulfide) groups is 1. The molecule has 0 atom stereocenters. The van der Waals surface area contributed by atoms with Gasteiger partial charge < -0.3 is 10.1 Å². The van der Waals surface area contributed by atoms with E-state index in [4.69, 9.17) is 4.74 Å². The maximum atomic E-state index is 12.2. The Bertz CT molecular complexity index is 942. The van der Waals surface area contributed by atoms with Crippen LogP contribution >= 0.6 is 11.8 Å². The highest BCUT2D eigenvalue weighted by atomic mass is 32.2. The minimum absolute atomic E-state index is 0.120. The fraction of sp³-hybridized carbons (Fsp3) is 0.238. The Morgan fingerprint density at radius 2 is 1.83 bits per heavy atom. The van der Waals surface area contributed by atoms with Crippen molar-refractivity contribution in [2.24, 2.45) is 0 Å². The third-order valence-electron chi connectivity index (χ3n) is 4.27. The number of nitrogens with one attached hydrogen (secondary N) is 1. The van der Waals surface area contributed by atoms with Gasteiger partial charge in [0.25, 0.3) is 0 Å². The monoisotopic (exact) mass is 412 g/mol. The van der Waals surface area contributed by atoms with Crippen molar-refractivity contribution in [2.75, 3.05) is 29.1 Å². The lowest BCUT2D eigenvalue weighted by Gasteiger charge is -2.27. The van der Waals surface area contributed by atoms with Gasteiger partial charge >= 0.3 is 5.97 Å². The summed E-state index contributed by atoms with van der Waals surface area (Å²) in [5.41, 5.74) is 1.62. The summed E-state index contributed by atoms with van der Waals surface area (Å²) in [7, 11) is 0. The van der Waals surface area contributed by atoms with Crippen LogP contribution in [0.3, 0.4) is 0 Å². The highest BCUT2D eigenvalue weighted by molar-refractivity contribution is 8.00. The van der Waals surface area contributed by atoms with E-state index in [0.29, 0.717) is 23.4 Å². The molecule has 0 saturated carbocycles. The second-order valence-electron chi connectivity index (χ2n) is 6.30. The van der Waals surface area contributed by atoms with Crippen molar-refractivity contribution in [1.29, 1.82) is 0 Å². The molecule has 1 N–H and O–H groups in total. The number of hydrogen-bond donors (Lipinski definition) is 1. The van der Waals surface area contributed by atoms with E-state index in [1.807, 2.05) is 12.1 Å². The Labute approximate surface area is 172 Å². The Kier molecular flexibility index (Phi) is 6.66. The minimum Gasteiger partial charge on any atom is -0.456 e. The molecule has 1 aliphatic rings. The summed E-state index contributed by atoms with van der Waals surface area (Å²) >= 11 is 1.43. The molecule has 0 unspecified atom stereocenters. The van der Waals surface area contributed by atoms with Crippen molar-refractivity contribution in [3.05, 3.63) is 54.1 Å². The average molecular weight is 412 g/mol. The van der Waals surface area contributed by atoms with Crippen molar-refractivity contribution in [1.82, 2.24) is 0 Å². The molecule has 2 aromatic carbocycles. The van der Waals surface area contributed by atoms with Crippen LogP contribution in [0.2, 0.25) is 0 Å². The van der Waals surface area contributed by atoms with Gasteiger partial charge in [-0.25, -0.2) is 0 Å². The number of esters is 1. The van der Waals surface area contributed by atoms with Crippen molar-refractivity contribution in [2.45, 2.75) is 18.2 Å². The molecule has 150 valence electrons. The average Bonchev–Trinajstić information content (AvgIpc) is 2.74. The quantitative estimate of drug-likeness (QED) is 0.555. The van der Waals surface area contributed by atoms with Gasteiger partial charge in [-0.05, 0) is 36.4 Å². The van der Waals surface area contributed by atoms with E-state index < -0.39 is 12.6 Å². The Balaban J connectivity index is 1.55. The number of ketones is 1. The van der Waals surface area contributed by atoms with Crippen LogP contribution in [0.1, 0.15) is 23.7 Å². The zero-order valence-electron chi connectivity index (χ0n) is 15.8. The van der Waals surface area contributed by atoms with E-state index in [9.17, 15) is 19.2 Å². The lowest BCUT2D eigenvalue weighted by atomic mass is 10.1. The molecule has 3 rings (SSSR count). The standard InChI is InChI=1S/C21H20N2O5S/c1-2-19(25)22-15-9-7-14(8-10-15)17(24)12-28-21(27)11-23-16-5-3-4-6-18(16)29-13-20(23)26/h3-10H,2,11-13H2,1H3,(H,22,25). The van der Waals surface area contributed by atoms with Crippen LogP contribution in [0, 0.1) is 0 Å². The normalized spacial score (nSPS) is 12.9. The SMILES string of the molecule is CCC(=O)Nc1ccc(C(=O)COC(=O)CN2C(=O)CSc3ccccc32)cc1. The molecule has 0 saturated heterocycles. The first-order chi connectivity index (χ1) is 14.0. The molecule has 2 amide bonds. The van der Waals surface area contributed by atoms with E-state index in [0.717, 1.165) is 4.90 Å². The Morgan fingerprint density at radius 1 is 1.10 bits per heavy atom. The second-order valence-corrected chi connectivity index (χ2v) is 7.32. The number of anilines is 2. The van der Waals surface area contributed by atoms with Gasteiger partial charge in [0.05, 0.1) is 11.4 Å². The highest BCUT2D eigenvalue weighted by Gasteiger charge is 2.27. The van der Waals surface area contributed by atoms with Crippen LogP contribution in [0.25, 0.3) is 0 Å². The molecule has 0 aromatic heterocycles. The fourth-order valence-corrected chi connectivity index (χ4v) is 3.66. The van der Waals surface area contributed by atoms with Gasteiger partial charge in [-0.15, -0.1) is 11.8 Å². The molecule has 7 nitrogen and oxygen atoms in total. The topological polar surface area (TPSA) is 92.8 Å². The number of Topliss-reactive ketones (excluding diaryl/α,β-unsaturated/α-hetero) is 1. The Morgan fingerprint density at radius 3 is 2.55 bits per heavy atom. The zero-order chi connectivity index (χ0) is 20.8. The highest BCUT2D eigenvalue weighted by Crippen LogP contribution is 2.34. The molecule has 0 spiro atoms. The summed E-state index contributed by atoms with van der Waals surface area (Å²) in [6.07, 6.45) is 0.360. The van der Waals surface area contributed by atoms with Crippen LogP contribution in [-0.2, 0) is 19.1 Å². The van der Waals surface area contributed by atoms with Crippen LogP contribution < -0.4 is 10.2 Å². The third kappa shape index (κ3) is 5.23. The number of nitrogens with zero attached hydrogens (tertiary/aromatic N) is 1. The summed E-state index contributed by atoms with van der Waals surface area (Å²) in [6.45, 7) is 1.08. The van der Waals surface area contributed by atoms with Gasteiger partial charge in [0, 0.05) is 22.6 Å². The smallest absolute Gasteiger partial charge is 0.326 e. The van der Waals surface area contributed by atoms with E-state index in [1.54, 1.807) is 43.3 Å². The third-order valence-corrected chi connectivity index (χ3v) is 5.32. The van der Waals surface area contributed by atoms with Crippen LogP contribution in [0.4, 0.5) is 11.4 Å². The van der Waals surface area contributed by atoms with Crippen molar-refractivity contribution >= 4 is 46.7 Å². The molecule has 0 radical (unpaired) electrons. The predicted molar refractivity (Wildman–Crippen MR) is 110 cm³/mol. The largest absolute Gasteiger partial charge is 0.456 e. The summed E-state index contributed by atoms with van der Waals surface area (Å²) in [6, 6.07) is 13.7. The van der Waals surface area contributed by atoms with Crippen molar-refractivity contribution in [3.8, 4) is 0 Å². The zero-order valence-corrected chi connectivity index (χ0v) is 16.7. The Hall–Kier alpha value is -3.13. The lowest BCUT2D eigenvalue weighted by molar-refractivity contribution is -0.141. The summed E-state index contributed by atoms with van der Waals surface area (Å²) < 4.78 is 5.08. The van der Waals surface area contributed by atoms with Gasteiger partial charge in [-0.1, -0.05) is 19.1 Å². The molecular formula is C21H20N2O5S. The van der Waals surface area contributed by atoms with Crippen LogP contribution in [-0.4, -0.2) is 42.5 Å². The van der Waals surface area contributed by atoms with Gasteiger partial charge in [0.15, 0.2) is 12.4 Å². The van der Waals surface area contributed by atoms with Crippen LogP contribution in [0.15, 0.2) is 53.4 Å². The maximum Gasteiger partial charge on any atom is 0.326 e. The predicted octanol–water partition coefficient (Wildman–Crippen LogP) is 2.90. The molecule has 0 fully saturated rings. The molecule has 0 aliphatic carbocycles. The number of rotatable bonds is 7. The van der Waals surface area contributed by atoms with E-state index in [1.165, 1.54) is 16.7 Å². The lowest BCUT2D eigenvalue weighted by Crippen LogP contribution is -2.40. The van der Waals surface area contributed by atoms with Crippen molar-refractivity contribution in [3.63, 3.8) is 0 Å². The van der Waals surface area contributed by atoms with Gasteiger partial charge in [-0.3, -0.25) is 24.1 Å². The summed E-state index contributed by atoms with van der Waals surface area (Å²) in [5.74, 6) is -1.07. The van der Waals surface area contributed by atoms with Crippen LogP contribution in [0.5, 0.6) is 0 Å². The number of benzene rings is 2. The van der Waals surface area contributed by atoms with Gasteiger partial charge in [-0.2, -0.15) is 0 Å². The second kappa shape index (κ2) is 9.38. The first-order valence-electron chi connectivity index (χ1n) is 9.09. The molecule has 0 bridgehead atoms. The molecule has 1 heterocycles. The van der Waals surface area contributed by atoms with E-state index in [-0.39, 0.29) is 29.9 Å². The molecule has 8 heteroatoms. The summed E-state index contributed by atoms with van der Waals surface area (Å²) in [5, 5.41) is 2.69. The first kappa shape index (κ1) is 20.6. The number of amides is 2. The summed E-state index contributed by atoms with van der Waals surface area (Å²) in [4.78, 5) is 50.3. The molecule has 2 aromatic rings.